The predicted molar refractivity (Wildman–Crippen MR) is 45.2 cm³/mol. The minimum Gasteiger partial charge on any atom is -0.385 e. The van der Waals surface area contributed by atoms with Crippen LogP contribution in [0.2, 0.25) is 0 Å². The maximum atomic E-state index is 5.56. The van der Waals surface area contributed by atoms with Gasteiger partial charge in [0.15, 0.2) is 0 Å². The van der Waals surface area contributed by atoms with Gasteiger partial charge in [-0.2, -0.15) is 0 Å². The minimum atomic E-state index is 0.668. The SMILES string of the molecule is Cc1ccnc2[nH]c(N)cc12. The van der Waals surface area contributed by atoms with Gasteiger partial charge in [-0.05, 0) is 24.6 Å². The first-order valence-corrected chi connectivity index (χ1v) is 3.47. The van der Waals surface area contributed by atoms with Crippen molar-refractivity contribution in [1.82, 2.24) is 9.97 Å². The topological polar surface area (TPSA) is 54.7 Å². The Hall–Kier alpha value is -1.51. The monoisotopic (exact) mass is 147 g/mol. The van der Waals surface area contributed by atoms with Crippen LogP contribution in [-0.2, 0) is 0 Å². The highest BCUT2D eigenvalue weighted by Gasteiger charge is 1.99. The molecule has 2 heterocycles. The summed E-state index contributed by atoms with van der Waals surface area (Å²) in [5.41, 5.74) is 7.62. The Bertz CT molecular complexity index is 389. The lowest BCUT2D eigenvalue weighted by atomic mass is 10.2. The molecule has 3 N–H and O–H groups in total. The van der Waals surface area contributed by atoms with Crippen LogP contribution in [-0.4, -0.2) is 9.97 Å². The summed E-state index contributed by atoms with van der Waals surface area (Å²) in [4.78, 5) is 7.09. The van der Waals surface area contributed by atoms with Crippen LogP contribution in [0, 0.1) is 6.92 Å². The van der Waals surface area contributed by atoms with E-state index >= 15 is 0 Å². The number of fused-ring (bicyclic) bond motifs is 1. The summed E-state index contributed by atoms with van der Waals surface area (Å²) in [7, 11) is 0. The molecule has 0 spiro atoms. The van der Waals surface area contributed by atoms with Gasteiger partial charge in [0, 0.05) is 11.6 Å². The van der Waals surface area contributed by atoms with Crippen molar-refractivity contribution in [2.75, 3.05) is 5.73 Å². The lowest BCUT2D eigenvalue weighted by Gasteiger charge is -1.91. The first-order valence-electron chi connectivity index (χ1n) is 3.47. The standard InChI is InChI=1S/C8H9N3/c1-5-2-3-10-8-6(5)4-7(9)11-8/h2-4H,9H2,1H3,(H,10,11). The zero-order valence-corrected chi connectivity index (χ0v) is 6.26. The van der Waals surface area contributed by atoms with E-state index in [0.29, 0.717) is 5.82 Å². The van der Waals surface area contributed by atoms with Crippen LogP contribution >= 0.6 is 0 Å². The second-order valence-corrected chi connectivity index (χ2v) is 2.61. The zero-order valence-electron chi connectivity index (χ0n) is 6.26. The molecule has 2 aromatic heterocycles. The molecule has 0 amide bonds. The molecule has 0 aliphatic carbocycles. The molecule has 0 radical (unpaired) electrons. The van der Waals surface area contributed by atoms with Gasteiger partial charge in [0.25, 0.3) is 0 Å². The molecule has 0 aromatic carbocycles. The quantitative estimate of drug-likeness (QED) is 0.592. The molecule has 56 valence electrons. The molecule has 0 saturated heterocycles. The van der Waals surface area contributed by atoms with Gasteiger partial charge in [-0.3, -0.25) is 0 Å². The second-order valence-electron chi connectivity index (χ2n) is 2.61. The van der Waals surface area contributed by atoms with Crippen LogP contribution in [0.3, 0.4) is 0 Å². The third kappa shape index (κ3) is 0.852. The van der Waals surface area contributed by atoms with Crippen LogP contribution in [0.4, 0.5) is 5.82 Å². The number of hydrogen-bond donors (Lipinski definition) is 2. The van der Waals surface area contributed by atoms with Crippen molar-refractivity contribution < 1.29 is 0 Å². The number of rotatable bonds is 0. The summed E-state index contributed by atoms with van der Waals surface area (Å²) in [6.45, 7) is 2.04. The van der Waals surface area contributed by atoms with Crippen molar-refractivity contribution in [1.29, 1.82) is 0 Å². The molecule has 0 bridgehead atoms. The number of nitrogens with one attached hydrogen (secondary N) is 1. The van der Waals surface area contributed by atoms with Gasteiger partial charge < -0.3 is 10.7 Å². The smallest absolute Gasteiger partial charge is 0.139 e. The fourth-order valence-electron chi connectivity index (χ4n) is 1.18. The Kier molecular flexibility index (Phi) is 1.12. The third-order valence-corrected chi connectivity index (χ3v) is 1.77. The molecule has 3 nitrogen and oxygen atoms in total. The Morgan fingerprint density at radius 1 is 1.55 bits per heavy atom. The number of anilines is 1. The van der Waals surface area contributed by atoms with Crippen molar-refractivity contribution in [3.05, 3.63) is 23.9 Å². The van der Waals surface area contributed by atoms with Crippen molar-refractivity contribution in [3.8, 4) is 0 Å². The molecule has 0 fully saturated rings. The van der Waals surface area contributed by atoms with Gasteiger partial charge in [0.05, 0.1) is 0 Å². The van der Waals surface area contributed by atoms with Gasteiger partial charge in [-0.25, -0.2) is 4.98 Å². The molecule has 0 aliphatic heterocycles. The number of pyridine rings is 1. The van der Waals surface area contributed by atoms with Crippen molar-refractivity contribution in [2.24, 2.45) is 0 Å². The highest BCUT2D eigenvalue weighted by atomic mass is 14.9. The first-order chi connectivity index (χ1) is 5.27. The van der Waals surface area contributed by atoms with E-state index in [0.717, 1.165) is 11.0 Å². The number of aryl methyl sites for hydroxylation is 1. The van der Waals surface area contributed by atoms with Crippen molar-refractivity contribution in [3.63, 3.8) is 0 Å². The number of hydrogen-bond acceptors (Lipinski definition) is 2. The van der Waals surface area contributed by atoms with Crippen LogP contribution < -0.4 is 5.73 Å². The number of nitrogens with zero attached hydrogens (tertiary/aromatic N) is 1. The van der Waals surface area contributed by atoms with Gasteiger partial charge in [-0.15, -0.1) is 0 Å². The van der Waals surface area contributed by atoms with E-state index in [1.54, 1.807) is 6.20 Å². The Morgan fingerprint density at radius 2 is 2.36 bits per heavy atom. The Labute approximate surface area is 64.2 Å². The molecular formula is C8H9N3. The van der Waals surface area contributed by atoms with Gasteiger partial charge in [-0.1, -0.05) is 0 Å². The summed E-state index contributed by atoms with van der Waals surface area (Å²) < 4.78 is 0. The van der Waals surface area contributed by atoms with Crippen LogP contribution in [0.1, 0.15) is 5.56 Å². The summed E-state index contributed by atoms with van der Waals surface area (Å²) in [6.07, 6.45) is 1.77. The molecule has 2 aromatic rings. The summed E-state index contributed by atoms with van der Waals surface area (Å²) in [5, 5.41) is 1.10. The largest absolute Gasteiger partial charge is 0.385 e. The maximum absolute atomic E-state index is 5.56. The summed E-state index contributed by atoms with van der Waals surface area (Å²) in [6, 6.07) is 3.87. The predicted octanol–water partition coefficient (Wildman–Crippen LogP) is 1.45. The number of aromatic amines is 1. The van der Waals surface area contributed by atoms with Gasteiger partial charge in [0.1, 0.15) is 11.5 Å². The number of aromatic nitrogens is 2. The normalized spacial score (nSPS) is 10.6. The zero-order chi connectivity index (χ0) is 7.84. The summed E-state index contributed by atoms with van der Waals surface area (Å²) >= 11 is 0. The van der Waals surface area contributed by atoms with E-state index in [4.69, 9.17) is 5.73 Å². The lowest BCUT2D eigenvalue weighted by molar-refractivity contribution is 1.31. The van der Waals surface area contributed by atoms with Crippen LogP contribution in [0.25, 0.3) is 11.0 Å². The number of nitrogens with two attached hydrogens (primary N) is 1. The molecule has 0 unspecified atom stereocenters. The van der Waals surface area contributed by atoms with Crippen LogP contribution in [0.15, 0.2) is 18.3 Å². The molecule has 2 rings (SSSR count). The maximum Gasteiger partial charge on any atom is 0.139 e. The molecule has 0 aliphatic rings. The van der Waals surface area contributed by atoms with Crippen molar-refractivity contribution in [2.45, 2.75) is 6.92 Å². The summed E-state index contributed by atoms with van der Waals surface area (Å²) in [5.74, 6) is 0.668. The van der Waals surface area contributed by atoms with E-state index in [9.17, 15) is 0 Å². The molecular weight excluding hydrogens is 138 g/mol. The Morgan fingerprint density at radius 3 is 3.09 bits per heavy atom. The average molecular weight is 147 g/mol. The van der Waals surface area contributed by atoms with Crippen molar-refractivity contribution >= 4 is 16.9 Å². The third-order valence-electron chi connectivity index (χ3n) is 1.77. The number of nitrogen functional groups attached to an aromatic ring is 1. The van der Waals surface area contributed by atoms with E-state index in [1.807, 2.05) is 19.1 Å². The van der Waals surface area contributed by atoms with Gasteiger partial charge in [0.2, 0.25) is 0 Å². The fourth-order valence-corrected chi connectivity index (χ4v) is 1.18. The van der Waals surface area contributed by atoms with Gasteiger partial charge >= 0.3 is 0 Å². The van der Waals surface area contributed by atoms with E-state index < -0.39 is 0 Å². The fraction of sp³-hybridized carbons (Fsp3) is 0.125. The second kappa shape index (κ2) is 1.99. The highest BCUT2D eigenvalue weighted by Crippen LogP contribution is 2.17. The number of H-pyrrole nitrogens is 1. The first kappa shape index (κ1) is 6.22. The average Bonchev–Trinajstić information content (AvgIpc) is 2.31. The van der Waals surface area contributed by atoms with E-state index in [-0.39, 0.29) is 0 Å². The molecule has 0 atom stereocenters. The molecule has 0 saturated carbocycles. The minimum absolute atomic E-state index is 0.668. The van der Waals surface area contributed by atoms with E-state index in [2.05, 4.69) is 9.97 Å². The lowest BCUT2D eigenvalue weighted by Crippen LogP contribution is -1.81. The molecule has 3 heteroatoms. The Balaban J connectivity index is 2.90. The molecule has 11 heavy (non-hydrogen) atoms. The highest BCUT2D eigenvalue weighted by molar-refractivity contribution is 5.82. The van der Waals surface area contributed by atoms with Crippen LogP contribution in [0.5, 0.6) is 0 Å². The van der Waals surface area contributed by atoms with E-state index in [1.165, 1.54) is 5.56 Å².